The molecule has 7 heteroatoms. The molecule has 2 aromatic carbocycles. The van der Waals surface area contributed by atoms with Crippen LogP contribution in [-0.2, 0) is 11.3 Å². The number of hydrogen-bond donors (Lipinski definition) is 0. The van der Waals surface area contributed by atoms with Gasteiger partial charge in [0.1, 0.15) is 0 Å². The van der Waals surface area contributed by atoms with E-state index >= 15 is 0 Å². The van der Waals surface area contributed by atoms with Crippen LogP contribution in [0.4, 0.5) is 0 Å². The number of hydrogen-bond acceptors (Lipinski definition) is 4. The molecule has 0 atom stereocenters. The molecule has 4 rings (SSSR count). The summed E-state index contributed by atoms with van der Waals surface area (Å²) in [5, 5.41) is 1.60. The van der Waals surface area contributed by atoms with Gasteiger partial charge in [-0.1, -0.05) is 60.6 Å². The first kappa shape index (κ1) is 20.9. The molecule has 0 aliphatic carbocycles. The van der Waals surface area contributed by atoms with Gasteiger partial charge in [0.05, 0.1) is 23.2 Å². The number of nitrogens with zero attached hydrogens (tertiary/aromatic N) is 3. The van der Waals surface area contributed by atoms with Gasteiger partial charge in [0.25, 0.3) is 5.56 Å². The van der Waals surface area contributed by atoms with Crippen molar-refractivity contribution in [2.24, 2.45) is 5.92 Å². The topological polar surface area (TPSA) is 55.2 Å². The first-order chi connectivity index (χ1) is 14.5. The second kappa shape index (κ2) is 9.23. The first-order valence-electron chi connectivity index (χ1n) is 10.2. The quantitative estimate of drug-likeness (QED) is 0.433. The van der Waals surface area contributed by atoms with E-state index in [1.165, 1.54) is 11.8 Å². The van der Waals surface area contributed by atoms with Crippen molar-refractivity contribution in [1.82, 2.24) is 14.5 Å². The van der Waals surface area contributed by atoms with Crippen LogP contribution in [0, 0.1) is 5.92 Å². The van der Waals surface area contributed by atoms with Crippen molar-refractivity contribution >= 4 is 40.2 Å². The molecule has 0 N–H and O–H groups in total. The minimum Gasteiger partial charge on any atom is -0.342 e. The Bertz CT molecular complexity index is 1110. The second-order valence-corrected chi connectivity index (χ2v) is 9.16. The third-order valence-electron chi connectivity index (χ3n) is 5.53. The number of rotatable bonds is 5. The van der Waals surface area contributed by atoms with Crippen molar-refractivity contribution in [3.63, 3.8) is 0 Å². The van der Waals surface area contributed by atoms with Crippen LogP contribution < -0.4 is 5.56 Å². The van der Waals surface area contributed by atoms with E-state index in [2.05, 4.69) is 6.92 Å². The summed E-state index contributed by atoms with van der Waals surface area (Å²) in [7, 11) is 0. The maximum absolute atomic E-state index is 13.2. The van der Waals surface area contributed by atoms with E-state index in [4.69, 9.17) is 16.6 Å². The summed E-state index contributed by atoms with van der Waals surface area (Å²) in [6.07, 6.45) is 2.09. The summed E-state index contributed by atoms with van der Waals surface area (Å²) < 4.78 is 1.65. The molecule has 1 aliphatic rings. The Morgan fingerprint density at radius 1 is 1.17 bits per heavy atom. The molecular weight excluding hydrogens is 418 g/mol. The average Bonchev–Trinajstić information content (AvgIpc) is 2.75. The zero-order valence-electron chi connectivity index (χ0n) is 16.9. The number of piperidine rings is 1. The van der Waals surface area contributed by atoms with Crippen molar-refractivity contribution < 1.29 is 4.79 Å². The van der Waals surface area contributed by atoms with Crippen molar-refractivity contribution in [3.8, 4) is 0 Å². The Balaban J connectivity index is 1.63. The van der Waals surface area contributed by atoms with Gasteiger partial charge in [-0.15, -0.1) is 0 Å². The number of amides is 1. The fraction of sp³-hybridized carbons (Fsp3) is 0.348. The maximum Gasteiger partial charge on any atom is 0.262 e. The SMILES string of the molecule is CC1CCN(C(=O)CSc2nc3cc(Cl)ccc3c(=O)n2Cc2ccccc2)CC1. The van der Waals surface area contributed by atoms with Gasteiger partial charge in [-0.2, -0.15) is 0 Å². The molecule has 1 aromatic heterocycles. The Labute approximate surface area is 185 Å². The number of likely N-dealkylation sites (tertiary alicyclic amines) is 1. The van der Waals surface area contributed by atoms with E-state index in [0.29, 0.717) is 33.5 Å². The van der Waals surface area contributed by atoms with Crippen LogP contribution in [0.15, 0.2) is 58.5 Å². The number of fused-ring (bicyclic) bond motifs is 1. The number of halogens is 1. The highest BCUT2D eigenvalue weighted by molar-refractivity contribution is 7.99. The average molecular weight is 442 g/mol. The molecule has 156 valence electrons. The van der Waals surface area contributed by atoms with Gasteiger partial charge in [0, 0.05) is 18.1 Å². The zero-order valence-corrected chi connectivity index (χ0v) is 18.5. The van der Waals surface area contributed by atoms with E-state index in [1.807, 2.05) is 35.2 Å². The summed E-state index contributed by atoms with van der Waals surface area (Å²) in [6.45, 7) is 4.24. The lowest BCUT2D eigenvalue weighted by molar-refractivity contribution is -0.129. The molecule has 0 bridgehead atoms. The van der Waals surface area contributed by atoms with Crippen LogP contribution in [0.1, 0.15) is 25.3 Å². The van der Waals surface area contributed by atoms with E-state index < -0.39 is 0 Å². The fourth-order valence-electron chi connectivity index (χ4n) is 3.66. The number of benzene rings is 2. The fourth-order valence-corrected chi connectivity index (χ4v) is 4.73. The van der Waals surface area contributed by atoms with Gasteiger partial charge in [-0.25, -0.2) is 4.98 Å². The van der Waals surface area contributed by atoms with Gasteiger partial charge < -0.3 is 4.90 Å². The van der Waals surface area contributed by atoms with Gasteiger partial charge >= 0.3 is 0 Å². The third kappa shape index (κ3) is 4.71. The van der Waals surface area contributed by atoms with Gasteiger partial charge in [0.2, 0.25) is 5.91 Å². The van der Waals surface area contributed by atoms with Crippen LogP contribution in [0.5, 0.6) is 0 Å². The normalized spacial score (nSPS) is 14.9. The number of thioether (sulfide) groups is 1. The molecule has 1 aliphatic heterocycles. The number of aromatic nitrogens is 2. The summed E-state index contributed by atoms with van der Waals surface area (Å²) in [5.74, 6) is 1.03. The van der Waals surface area contributed by atoms with Gasteiger partial charge in [-0.3, -0.25) is 14.2 Å². The Morgan fingerprint density at radius 2 is 1.90 bits per heavy atom. The van der Waals surface area contributed by atoms with E-state index in [9.17, 15) is 9.59 Å². The lowest BCUT2D eigenvalue weighted by atomic mass is 9.99. The zero-order chi connectivity index (χ0) is 21.1. The van der Waals surface area contributed by atoms with Crippen LogP contribution in [0.3, 0.4) is 0 Å². The minimum atomic E-state index is -0.123. The van der Waals surface area contributed by atoms with Crippen molar-refractivity contribution in [2.45, 2.75) is 31.5 Å². The highest BCUT2D eigenvalue weighted by atomic mass is 35.5. The molecule has 0 radical (unpaired) electrons. The van der Waals surface area contributed by atoms with Crippen molar-refractivity contribution in [2.75, 3.05) is 18.8 Å². The smallest absolute Gasteiger partial charge is 0.262 e. The number of carbonyl (C=O) groups excluding carboxylic acids is 1. The molecule has 5 nitrogen and oxygen atoms in total. The predicted octanol–water partition coefficient (Wildman–Crippen LogP) is 4.45. The Kier molecular flexibility index (Phi) is 6.44. The Morgan fingerprint density at radius 3 is 2.63 bits per heavy atom. The molecule has 0 unspecified atom stereocenters. The van der Waals surface area contributed by atoms with Crippen molar-refractivity contribution in [3.05, 3.63) is 69.5 Å². The maximum atomic E-state index is 13.2. The lowest BCUT2D eigenvalue weighted by Gasteiger charge is -2.30. The highest BCUT2D eigenvalue weighted by Gasteiger charge is 2.21. The standard InChI is InChI=1S/C23H24ClN3O2S/c1-16-9-11-26(12-10-16)21(28)15-30-23-25-20-13-18(24)7-8-19(20)22(29)27(23)14-17-5-3-2-4-6-17/h2-8,13,16H,9-12,14-15H2,1H3. The second-order valence-electron chi connectivity index (χ2n) is 7.78. The Hall–Kier alpha value is -2.31. The molecule has 3 aromatic rings. The molecular formula is C23H24ClN3O2S. The number of carbonyl (C=O) groups is 1. The molecule has 0 saturated carbocycles. The van der Waals surface area contributed by atoms with Gasteiger partial charge in [0.15, 0.2) is 5.16 Å². The highest BCUT2D eigenvalue weighted by Crippen LogP contribution is 2.23. The van der Waals surface area contributed by atoms with E-state index in [-0.39, 0.29) is 17.2 Å². The molecule has 30 heavy (non-hydrogen) atoms. The van der Waals surface area contributed by atoms with Gasteiger partial charge in [-0.05, 0) is 42.5 Å². The summed E-state index contributed by atoms with van der Waals surface area (Å²) in [4.78, 5) is 32.6. The molecule has 1 saturated heterocycles. The van der Waals surface area contributed by atoms with Crippen LogP contribution >= 0.6 is 23.4 Å². The first-order valence-corrected chi connectivity index (χ1v) is 11.5. The predicted molar refractivity (Wildman–Crippen MR) is 122 cm³/mol. The van der Waals surface area contributed by atoms with Crippen LogP contribution in [0.2, 0.25) is 5.02 Å². The molecule has 1 fully saturated rings. The van der Waals surface area contributed by atoms with E-state index in [1.54, 1.807) is 22.8 Å². The largest absolute Gasteiger partial charge is 0.342 e. The van der Waals surface area contributed by atoms with E-state index in [0.717, 1.165) is 31.5 Å². The lowest BCUT2D eigenvalue weighted by Crippen LogP contribution is -2.39. The third-order valence-corrected chi connectivity index (χ3v) is 6.72. The molecule has 1 amide bonds. The van der Waals surface area contributed by atoms with Crippen LogP contribution in [-0.4, -0.2) is 39.2 Å². The molecule has 0 spiro atoms. The summed E-state index contributed by atoms with van der Waals surface area (Å²) >= 11 is 7.44. The van der Waals surface area contributed by atoms with Crippen molar-refractivity contribution in [1.29, 1.82) is 0 Å². The monoisotopic (exact) mass is 441 g/mol. The summed E-state index contributed by atoms with van der Waals surface area (Å²) in [5.41, 5.74) is 1.44. The van der Waals surface area contributed by atoms with Crippen LogP contribution in [0.25, 0.3) is 10.9 Å². The summed E-state index contributed by atoms with van der Waals surface area (Å²) in [6, 6.07) is 14.9. The minimum absolute atomic E-state index is 0.0959. The molecule has 2 heterocycles.